The topological polar surface area (TPSA) is 77.0 Å². The van der Waals surface area contributed by atoms with Gasteiger partial charge in [-0.25, -0.2) is 0 Å². The summed E-state index contributed by atoms with van der Waals surface area (Å²) in [6.45, 7) is 4.14. The van der Waals surface area contributed by atoms with E-state index in [2.05, 4.69) is 15.5 Å². The zero-order chi connectivity index (χ0) is 11.4. The molecule has 3 N–H and O–H groups in total. The third-order valence-corrected chi connectivity index (χ3v) is 2.88. The van der Waals surface area contributed by atoms with Crippen LogP contribution in [0.25, 0.3) is 0 Å². The molecule has 1 aromatic rings. The van der Waals surface area contributed by atoms with Gasteiger partial charge in [-0.2, -0.15) is 4.98 Å². The highest BCUT2D eigenvalue weighted by Crippen LogP contribution is 2.14. The summed E-state index contributed by atoms with van der Waals surface area (Å²) in [6, 6.07) is 0.0737. The summed E-state index contributed by atoms with van der Waals surface area (Å²) in [5, 5.41) is 7.38. The number of aromatic nitrogens is 2. The molecule has 2 atom stereocenters. The van der Waals surface area contributed by atoms with Crippen LogP contribution in [0.2, 0.25) is 0 Å². The molecule has 1 aliphatic heterocycles. The van der Waals surface area contributed by atoms with Gasteiger partial charge in [0.25, 0.3) is 0 Å². The normalized spacial score (nSPS) is 23.2. The molecule has 0 aromatic carbocycles. The van der Waals surface area contributed by atoms with Crippen LogP contribution in [0.1, 0.15) is 31.5 Å². The third-order valence-electron chi connectivity index (χ3n) is 2.88. The average Bonchev–Trinajstić information content (AvgIpc) is 2.66. The van der Waals surface area contributed by atoms with E-state index in [1.165, 1.54) is 12.8 Å². The van der Waals surface area contributed by atoms with Crippen LogP contribution in [0.3, 0.4) is 0 Å². The lowest BCUT2D eigenvalue weighted by Gasteiger charge is -2.20. The molecule has 0 spiro atoms. The lowest BCUT2D eigenvalue weighted by Crippen LogP contribution is -2.31. The van der Waals surface area contributed by atoms with Crippen LogP contribution in [-0.2, 0) is 12.8 Å². The van der Waals surface area contributed by atoms with Crippen LogP contribution < -0.4 is 11.1 Å². The first-order valence-electron chi connectivity index (χ1n) is 6.02. The van der Waals surface area contributed by atoms with Crippen molar-refractivity contribution in [2.75, 3.05) is 13.1 Å². The largest absolute Gasteiger partial charge is 0.339 e. The second-order valence-corrected chi connectivity index (χ2v) is 4.70. The van der Waals surface area contributed by atoms with Crippen LogP contribution >= 0.6 is 0 Å². The Morgan fingerprint density at radius 2 is 2.50 bits per heavy atom. The van der Waals surface area contributed by atoms with Crippen molar-refractivity contribution in [3.63, 3.8) is 0 Å². The Hall–Kier alpha value is -0.940. The van der Waals surface area contributed by atoms with Crippen molar-refractivity contribution in [3.8, 4) is 0 Å². The Bertz CT molecular complexity index is 318. The number of rotatable bonds is 4. The number of nitrogens with two attached hydrogens (primary N) is 1. The van der Waals surface area contributed by atoms with E-state index in [1.807, 2.05) is 6.92 Å². The summed E-state index contributed by atoms with van der Waals surface area (Å²) in [6.07, 6.45) is 4.07. The summed E-state index contributed by atoms with van der Waals surface area (Å²) < 4.78 is 5.16. The molecule has 0 saturated carbocycles. The molecule has 0 amide bonds. The Morgan fingerprint density at radius 3 is 3.19 bits per heavy atom. The van der Waals surface area contributed by atoms with Crippen molar-refractivity contribution >= 4 is 0 Å². The summed E-state index contributed by atoms with van der Waals surface area (Å²) in [5.74, 6) is 2.13. The van der Waals surface area contributed by atoms with Gasteiger partial charge in [0.05, 0.1) is 0 Å². The van der Waals surface area contributed by atoms with Crippen LogP contribution in [0.4, 0.5) is 0 Å². The lowest BCUT2D eigenvalue weighted by molar-refractivity contribution is 0.347. The van der Waals surface area contributed by atoms with Crippen molar-refractivity contribution < 1.29 is 4.52 Å². The van der Waals surface area contributed by atoms with Gasteiger partial charge >= 0.3 is 0 Å². The minimum Gasteiger partial charge on any atom is -0.339 e. The van der Waals surface area contributed by atoms with Crippen molar-refractivity contribution in [3.05, 3.63) is 11.7 Å². The highest BCUT2D eigenvalue weighted by molar-refractivity contribution is 4.91. The molecule has 1 saturated heterocycles. The van der Waals surface area contributed by atoms with Gasteiger partial charge in [-0.15, -0.1) is 0 Å². The molecule has 0 bridgehead atoms. The highest BCUT2D eigenvalue weighted by Gasteiger charge is 2.17. The Labute approximate surface area is 95.8 Å². The molecule has 2 rings (SSSR count). The SMILES string of the molecule is CC(N)Cc1nc(CC2CCCNC2)no1. The van der Waals surface area contributed by atoms with E-state index in [9.17, 15) is 0 Å². The molecule has 2 heterocycles. The molecule has 0 aliphatic carbocycles. The monoisotopic (exact) mass is 224 g/mol. The first-order chi connectivity index (χ1) is 7.74. The molecule has 1 fully saturated rings. The van der Waals surface area contributed by atoms with Crippen LogP contribution in [0.15, 0.2) is 4.52 Å². The Kier molecular flexibility index (Phi) is 3.90. The summed E-state index contributed by atoms with van der Waals surface area (Å²) >= 11 is 0. The molecule has 0 radical (unpaired) electrons. The molecule has 1 aromatic heterocycles. The van der Waals surface area contributed by atoms with E-state index in [1.54, 1.807) is 0 Å². The maximum atomic E-state index is 5.68. The second kappa shape index (κ2) is 5.41. The van der Waals surface area contributed by atoms with Crippen LogP contribution in [0.5, 0.6) is 0 Å². The fourth-order valence-corrected chi connectivity index (χ4v) is 2.09. The van der Waals surface area contributed by atoms with Gasteiger partial charge in [0.15, 0.2) is 5.82 Å². The molecule has 90 valence electrons. The van der Waals surface area contributed by atoms with E-state index in [0.29, 0.717) is 18.2 Å². The fraction of sp³-hybridized carbons (Fsp3) is 0.818. The smallest absolute Gasteiger partial charge is 0.228 e. The predicted molar refractivity (Wildman–Crippen MR) is 60.9 cm³/mol. The molecule has 5 nitrogen and oxygen atoms in total. The van der Waals surface area contributed by atoms with Crippen molar-refractivity contribution in [2.24, 2.45) is 11.7 Å². The van der Waals surface area contributed by atoms with Crippen molar-refractivity contribution in [2.45, 2.75) is 38.6 Å². The Balaban J connectivity index is 1.86. The zero-order valence-corrected chi connectivity index (χ0v) is 9.78. The van der Waals surface area contributed by atoms with E-state index in [-0.39, 0.29) is 6.04 Å². The maximum Gasteiger partial charge on any atom is 0.228 e. The molecular formula is C11H20N4O. The first kappa shape index (κ1) is 11.5. The minimum absolute atomic E-state index is 0.0737. The van der Waals surface area contributed by atoms with Gasteiger partial charge in [0, 0.05) is 18.9 Å². The van der Waals surface area contributed by atoms with Crippen LogP contribution in [0, 0.1) is 5.92 Å². The lowest BCUT2D eigenvalue weighted by atomic mass is 9.96. The average molecular weight is 224 g/mol. The zero-order valence-electron chi connectivity index (χ0n) is 9.78. The van der Waals surface area contributed by atoms with E-state index < -0.39 is 0 Å². The third kappa shape index (κ3) is 3.28. The second-order valence-electron chi connectivity index (χ2n) is 4.70. The number of hydrogen-bond acceptors (Lipinski definition) is 5. The molecule has 5 heteroatoms. The molecular weight excluding hydrogens is 204 g/mol. The van der Waals surface area contributed by atoms with Gasteiger partial charge in [-0.1, -0.05) is 5.16 Å². The van der Waals surface area contributed by atoms with Gasteiger partial charge in [0.1, 0.15) is 0 Å². The fourth-order valence-electron chi connectivity index (χ4n) is 2.09. The van der Waals surface area contributed by atoms with E-state index >= 15 is 0 Å². The van der Waals surface area contributed by atoms with Crippen LogP contribution in [-0.4, -0.2) is 29.3 Å². The number of hydrogen-bond donors (Lipinski definition) is 2. The Morgan fingerprint density at radius 1 is 1.62 bits per heavy atom. The number of nitrogens with zero attached hydrogens (tertiary/aromatic N) is 2. The minimum atomic E-state index is 0.0737. The van der Waals surface area contributed by atoms with Gasteiger partial charge < -0.3 is 15.6 Å². The van der Waals surface area contributed by atoms with Crippen molar-refractivity contribution in [1.29, 1.82) is 0 Å². The first-order valence-corrected chi connectivity index (χ1v) is 6.02. The maximum absolute atomic E-state index is 5.68. The van der Waals surface area contributed by atoms with Crippen molar-refractivity contribution in [1.82, 2.24) is 15.5 Å². The quantitative estimate of drug-likeness (QED) is 0.779. The number of nitrogens with one attached hydrogen (secondary N) is 1. The molecule has 2 unspecified atom stereocenters. The predicted octanol–water partition coefficient (Wildman–Crippen LogP) is 0.501. The van der Waals surface area contributed by atoms with Gasteiger partial charge in [0.2, 0.25) is 5.89 Å². The van der Waals surface area contributed by atoms with E-state index in [0.717, 1.165) is 25.3 Å². The summed E-state index contributed by atoms with van der Waals surface area (Å²) in [7, 11) is 0. The summed E-state index contributed by atoms with van der Waals surface area (Å²) in [4.78, 5) is 4.36. The van der Waals surface area contributed by atoms with Gasteiger partial charge in [-0.05, 0) is 38.8 Å². The number of piperidine rings is 1. The molecule has 1 aliphatic rings. The molecule has 16 heavy (non-hydrogen) atoms. The highest BCUT2D eigenvalue weighted by atomic mass is 16.5. The standard InChI is InChI=1S/C11H20N4O/c1-8(12)5-11-14-10(15-16-11)6-9-3-2-4-13-7-9/h8-9,13H,2-7,12H2,1H3. The summed E-state index contributed by atoms with van der Waals surface area (Å²) in [5.41, 5.74) is 5.68. The van der Waals surface area contributed by atoms with E-state index in [4.69, 9.17) is 10.3 Å². The van der Waals surface area contributed by atoms with Gasteiger partial charge in [-0.3, -0.25) is 0 Å².